The van der Waals surface area contributed by atoms with Crippen molar-refractivity contribution in [1.82, 2.24) is 4.90 Å². The highest BCUT2D eigenvalue weighted by molar-refractivity contribution is 9.10. The van der Waals surface area contributed by atoms with E-state index in [1.807, 2.05) is 6.07 Å². The zero-order valence-corrected chi connectivity index (χ0v) is 11.7. The Kier molecular flexibility index (Phi) is 4.55. The van der Waals surface area contributed by atoms with E-state index in [0.29, 0.717) is 0 Å². The van der Waals surface area contributed by atoms with Crippen molar-refractivity contribution in [2.45, 2.75) is 13.0 Å². The molecule has 2 nitrogen and oxygen atoms in total. The lowest BCUT2D eigenvalue weighted by atomic mass is 10.1. The molecule has 0 bridgehead atoms. The molecule has 4 heteroatoms. The Balaban J connectivity index is 2.01. The number of anilines is 1. The first kappa shape index (κ1) is 12.3. The Labute approximate surface area is 110 Å². The highest BCUT2D eigenvalue weighted by Crippen LogP contribution is 2.21. The van der Waals surface area contributed by atoms with Crippen molar-refractivity contribution in [3.05, 3.63) is 28.2 Å². The molecule has 0 spiro atoms. The molecule has 0 saturated carbocycles. The third-order valence-corrected chi connectivity index (χ3v) is 4.36. The van der Waals surface area contributed by atoms with Crippen LogP contribution in [-0.4, -0.2) is 29.5 Å². The van der Waals surface area contributed by atoms with Gasteiger partial charge in [-0.25, -0.2) is 0 Å². The molecular weight excluding hydrogens is 284 g/mol. The largest absolute Gasteiger partial charge is 0.398 e. The van der Waals surface area contributed by atoms with Crippen LogP contribution in [0.2, 0.25) is 0 Å². The van der Waals surface area contributed by atoms with Crippen LogP contribution in [-0.2, 0) is 6.54 Å². The van der Waals surface area contributed by atoms with Crippen LogP contribution in [0.1, 0.15) is 12.0 Å². The summed E-state index contributed by atoms with van der Waals surface area (Å²) >= 11 is 5.49. The molecule has 0 radical (unpaired) electrons. The molecule has 1 fully saturated rings. The molecule has 0 aromatic heterocycles. The van der Waals surface area contributed by atoms with E-state index in [1.165, 1.54) is 36.6 Å². The minimum absolute atomic E-state index is 0.895. The molecular formula is C12H17BrN2S. The predicted octanol–water partition coefficient (Wildman–Crippen LogP) is 2.97. The van der Waals surface area contributed by atoms with Crippen LogP contribution in [0, 0.1) is 0 Å². The first-order valence-electron chi connectivity index (χ1n) is 5.60. The second kappa shape index (κ2) is 5.94. The van der Waals surface area contributed by atoms with E-state index in [9.17, 15) is 0 Å². The number of thioether (sulfide) groups is 1. The Morgan fingerprint density at radius 1 is 1.31 bits per heavy atom. The summed E-state index contributed by atoms with van der Waals surface area (Å²) in [5.41, 5.74) is 8.16. The van der Waals surface area contributed by atoms with Crippen LogP contribution < -0.4 is 5.73 Å². The molecule has 2 N–H and O–H groups in total. The van der Waals surface area contributed by atoms with Crippen LogP contribution in [0.15, 0.2) is 22.7 Å². The van der Waals surface area contributed by atoms with Gasteiger partial charge in [0.1, 0.15) is 0 Å². The van der Waals surface area contributed by atoms with Crippen molar-refractivity contribution in [2.75, 3.05) is 30.3 Å². The third kappa shape index (κ3) is 3.40. The van der Waals surface area contributed by atoms with E-state index < -0.39 is 0 Å². The smallest absolute Gasteiger partial charge is 0.0371 e. The van der Waals surface area contributed by atoms with Gasteiger partial charge in [0.25, 0.3) is 0 Å². The van der Waals surface area contributed by atoms with Gasteiger partial charge in [-0.15, -0.1) is 0 Å². The second-order valence-corrected chi connectivity index (χ2v) is 6.23. The fourth-order valence-electron chi connectivity index (χ4n) is 1.91. The van der Waals surface area contributed by atoms with Crippen LogP contribution in [0.25, 0.3) is 0 Å². The summed E-state index contributed by atoms with van der Waals surface area (Å²) in [4.78, 5) is 2.50. The van der Waals surface area contributed by atoms with Crippen molar-refractivity contribution in [2.24, 2.45) is 0 Å². The van der Waals surface area contributed by atoms with E-state index in [0.717, 1.165) is 16.7 Å². The number of hydrogen-bond donors (Lipinski definition) is 1. The summed E-state index contributed by atoms with van der Waals surface area (Å²) in [7, 11) is 0. The minimum atomic E-state index is 0.895. The van der Waals surface area contributed by atoms with Gasteiger partial charge in [-0.1, -0.05) is 22.0 Å². The molecule has 2 rings (SSSR count). The van der Waals surface area contributed by atoms with Crippen LogP contribution in [0.5, 0.6) is 0 Å². The van der Waals surface area contributed by atoms with Gasteiger partial charge in [0.05, 0.1) is 0 Å². The summed E-state index contributed by atoms with van der Waals surface area (Å²) in [5, 5.41) is 0. The topological polar surface area (TPSA) is 29.3 Å². The Morgan fingerprint density at radius 2 is 2.19 bits per heavy atom. The lowest BCUT2D eigenvalue weighted by Gasteiger charge is -2.20. The van der Waals surface area contributed by atoms with E-state index in [-0.39, 0.29) is 0 Å². The number of benzene rings is 1. The van der Waals surface area contributed by atoms with Crippen molar-refractivity contribution in [3.63, 3.8) is 0 Å². The summed E-state index contributed by atoms with van der Waals surface area (Å²) < 4.78 is 1.06. The van der Waals surface area contributed by atoms with E-state index in [1.54, 1.807) is 0 Å². The zero-order valence-electron chi connectivity index (χ0n) is 9.29. The average Bonchev–Trinajstić information content (AvgIpc) is 2.51. The monoisotopic (exact) mass is 300 g/mol. The van der Waals surface area contributed by atoms with Gasteiger partial charge in [-0.05, 0) is 36.4 Å². The maximum absolute atomic E-state index is 6.02. The van der Waals surface area contributed by atoms with Gasteiger partial charge in [0.15, 0.2) is 0 Å². The minimum Gasteiger partial charge on any atom is -0.398 e. The normalized spacial score (nSPS) is 18.3. The standard InChI is InChI=1S/C12H17BrN2S/c13-11-3-2-10(12(14)8-11)9-15-4-1-6-16-7-5-15/h2-3,8H,1,4-7,9,14H2. The third-order valence-electron chi connectivity index (χ3n) is 2.82. The summed E-state index contributed by atoms with van der Waals surface area (Å²) in [6.45, 7) is 3.36. The molecule has 0 amide bonds. The number of halogens is 1. The zero-order chi connectivity index (χ0) is 11.4. The molecule has 1 aromatic rings. The lowest BCUT2D eigenvalue weighted by molar-refractivity contribution is 0.288. The van der Waals surface area contributed by atoms with Crippen molar-refractivity contribution in [1.29, 1.82) is 0 Å². The molecule has 0 aliphatic carbocycles. The summed E-state index contributed by atoms with van der Waals surface area (Å²) in [6.07, 6.45) is 1.29. The maximum Gasteiger partial charge on any atom is 0.0371 e. The van der Waals surface area contributed by atoms with E-state index in [2.05, 4.69) is 44.7 Å². The SMILES string of the molecule is Nc1cc(Br)ccc1CN1CCCSCC1. The maximum atomic E-state index is 6.02. The highest BCUT2D eigenvalue weighted by Gasteiger charge is 2.10. The van der Waals surface area contributed by atoms with Crippen molar-refractivity contribution >= 4 is 33.4 Å². The quantitative estimate of drug-likeness (QED) is 0.852. The molecule has 1 saturated heterocycles. The number of nitrogens with two attached hydrogens (primary N) is 1. The summed E-state index contributed by atoms with van der Waals surface area (Å²) in [6, 6.07) is 6.18. The van der Waals surface area contributed by atoms with Crippen molar-refractivity contribution < 1.29 is 0 Å². The Morgan fingerprint density at radius 3 is 3.00 bits per heavy atom. The fraction of sp³-hybridized carbons (Fsp3) is 0.500. The Hall–Kier alpha value is -0.190. The number of rotatable bonds is 2. The first-order chi connectivity index (χ1) is 7.75. The molecule has 1 aliphatic rings. The Bertz CT molecular complexity index is 349. The van der Waals surface area contributed by atoms with Gasteiger partial charge in [-0.2, -0.15) is 11.8 Å². The van der Waals surface area contributed by atoms with Crippen molar-refractivity contribution in [3.8, 4) is 0 Å². The molecule has 1 aliphatic heterocycles. The fourth-order valence-corrected chi connectivity index (χ4v) is 3.21. The van der Waals surface area contributed by atoms with Gasteiger partial charge < -0.3 is 5.73 Å². The van der Waals surface area contributed by atoms with Gasteiger partial charge in [0, 0.05) is 29.0 Å². The number of nitrogen functional groups attached to an aromatic ring is 1. The molecule has 0 unspecified atom stereocenters. The summed E-state index contributed by atoms with van der Waals surface area (Å²) in [5.74, 6) is 2.54. The van der Waals surface area contributed by atoms with Gasteiger partial charge in [-0.3, -0.25) is 4.90 Å². The molecule has 16 heavy (non-hydrogen) atoms. The predicted molar refractivity (Wildman–Crippen MR) is 75.8 cm³/mol. The molecule has 1 aromatic carbocycles. The average molecular weight is 301 g/mol. The van der Waals surface area contributed by atoms with Crippen LogP contribution in [0.4, 0.5) is 5.69 Å². The van der Waals surface area contributed by atoms with Crippen LogP contribution >= 0.6 is 27.7 Å². The number of hydrogen-bond acceptors (Lipinski definition) is 3. The van der Waals surface area contributed by atoms with E-state index in [4.69, 9.17) is 5.73 Å². The first-order valence-corrected chi connectivity index (χ1v) is 7.54. The number of nitrogens with zero attached hydrogens (tertiary/aromatic N) is 1. The van der Waals surface area contributed by atoms with Gasteiger partial charge >= 0.3 is 0 Å². The molecule has 0 atom stereocenters. The second-order valence-electron chi connectivity index (χ2n) is 4.09. The lowest BCUT2D eigenvalue weighted by Crippen LogP contribution is -2.25. The molecule has 88 valence electrons. The molecule has 1 heterocycles. The van der Waals surface area contributed by atoms with E-state index >= 15 is 0 Å². The van der Waals surface area contributed by atoms with Crippen LogP contribution in [0.3, 0.4) is 0 Å². The van der Waals surface area contributed by atoms with Gasteiger partial charge in [0.2, 0.25) is 0 Å². The highest BCUT2D eigenvalue weighted by atomic mass is 79.9.